The molecule has 0 radical (unpaired) electrons. The van der Waals surface area contributed by atoms with Crippen molar-refractivity contribution in [1.82, 2.24) is 0 Å². The summed E-state index contributed by atoms with van der Waals surface area (Å²) in [5, 5.41) is 0. The van der Waals surface area contributed by atoms with Crippen LogP contribution in [-0.4, -0.2) is 34.1 Å². The topological polar surface area (TPSA) is 9.23 Å². The Hall–Kier alpha value is -0.810. The van der Waals surface area contributed by atoms with Crippen LogP contribution in [-0.2, 0) is 11.2 Å². The molecule has 3 rings (SSSR count). The molecule has 0 bridgehead atoms. The quantitative estimate of drug-likeness (QED) is 0.771. The van der Waals surface area contributed by atoms with Crippen molar-refractivity contribution in [3.05, 3.63) is 65.7 Å². The van der Waals surface area contributed by atoms with Crippen molar-refractivity contribution >= 4 is 24.5 Å². The number of fused-ring (bicyclic) bond motifs is 1. The van der Waals surface area contributed by atoms with Gasteiger partial charge in [-0.15, -0.1) is 0 Å². The maximum atomic E-state index is 5.71. The van der Waals surface area contributed by atoms with Gasteiger partial charge in [-0.2, -0.15) is 0 Å². The maximum absolute atomic E-state index is 5.71. The van der Waals surface area contributed by atoms with Gasteiger partial charge in [-0.1, -0.05) is 0 Å². The van der Waals surface area contributed by atoms with Crippen molar-refractivity contribution in [3.63, 3.8) is 0 Å². The summed E-state index contributed by atoms with van der Waals surface area (Å²) in [6, 6.07) is 19.7. The van der Waals surface area contributed by atoms with Crippen molar-refractivity contribution in [1.29, 1.82) is 0 Å². The fourth-order valence-corrected chi connectivity index (χ4v) is 6.29. The standard InChI is InChI=1S/C16H16OTe/c1-17-15-11-12-7-5-6-10-14(12)16(15)18-13-8-3-2-4-9-13/h2-10,15-16H,11H2,1H3/t15-,16?/m1/s1. The molecule has 1 aliphatic carbocycles. The van der Waals surface area contributed by atoms with Crippen LogP contribution < -0.4 is 3.61 Å². The van der Waals surface area contributed by atoms with Crippen LogP contribution in [0.1, 0.15) is 15.1 Å². The summed E-state index contributed by atoms with van der Waals surface area (Å²) >= 11 is -0.238. The first-order valence-electron chi connectivity index (χ1n) is 6.21. The molecule has 0 amide bonds. The van der Waals surface area contributed by atoms with E-state index in [4.69, 9.17) is 4.74 Å². The number of ether oxygens (including phenoxy) is 1. The van der Waals surface area contributed by atoms with Crippen LogP contribution in [0.4, 0.5) is 0 Å². The van der Waals surface area contributed by atoms with Gasteiger partial charge in [0.15, 0.2) is 0 Å². The average molecular weight is 352 g/mol. The summed E-state index contributed by atoms with van der Waals surface area (Å²) in [4.78, 5) is 0. The predicted molar refractivity (Wildman–Crippen MR) is 75.5 cm³/mol. The molecular formula is C16H16OTe. The molecule has 0 aliphatic heterocycles. The minimum atomic E-state index is -0.238. The zero-order valence-corrected chi connectivity index (χ0v) is 12.7. The van der Waals surface area contributed by atoms with E-state index in [9.17, 15) is 0 Å². The Morgan fingerprint density at radius 1 is 1.00 bits per heavy atom. The Kier molecular flexibility index (Phi) is 3.70. The molecule has 1 nitrogen and oxygen atoms in total. The summed E-state index contributed by atoms with van der Waals surface area (Å²) in [6.45, 7) is 0. The van der Waals surface area contributed by atoms with Gasteiger partial charge in [0.25, 0.3) is 0 Å². The average Bonchev–Trinajstić information content (AvgIpc) is 2.78. The minimum absolute atomic E-state index is 0.238. The van der Waals surface area contributed by atoms with Crippen LogP contribution in [0, 0.1) is 0 Å². The Morgan fingerprint density at radius 2 is 1.72 bits per heavy atom. The normalized spacial score (nSPS) is 21.8. The van der Waals surface area contributed by atoms with Crippen LogP contribution in [0.3, 0.4) is 0 Å². The van der Waals surface area contributed by atoms with Crippen LogP contribution >= 0.6 is 0 Å². The Bertz CT molecular complexity index is 524. The van der Waals surface area contributed by atoms with E-state index in [0.717, 1.165) is 6.42 Å². The van der Waals surface area contributed by atoms with E-state index in [1.54, 1.807) is 0 Å². The fourth-order valence-electron chi connectivity index (χ4n) is 2.51. The Labute approximate surface area is 118 Å². The van der Waals surface area contributed by atoms with Gasteiger partial charge in [0.2, 0.25) is 0 Å². The molecule has 0 spiro atoms. The third-order valence-corrected chi connectivity index (χ3v) is 7.30. The van der Waals surface area contributed by atoms with Crippen molar-refractivity contribution in [2.75, 3.05) is 7.11 Å². The second kappa shape index (κ2) is 5.45. The molecule has 2 aromatic rings. The number of hydrogen-bond acceptors (Lipinski definition) is 1. The summed E-state index contributed by atoms with van der Waals surface area (Å²) < 4.78 is 7.86. The molecule has 0 heterocycles. The van der Waals surface area contributed by atoms with E-state index >= 15 is 0 Å². The molecular weight excluding hydrogens is 336 g/mol. The number of rotatable bonds is 3. The molecule has 0 saturated carbocycles. The fraction of sp³-hybridized carbons (Fsp3) is 0.250. The third-order valence-electron chi connectivity index (χ3n) is 3.43. The summed E-state index contributed by atoms with van der Waals surface area (Å²) in [5.41, 5.74) is 3.01. The van der Waals surface area contributed by atoms with Crippen molar-refractivity contribution in [2.24, 2.45) is 0 Å². The first-order chi connectivity index (χ1) is 8.88. The zero-order valence-electron chi connectivity index (χ0n) is 10.4. The molecule has 0 fully saturated rings. The molecule has 1 unspecified atom stereocenters. The molecule has 92 valence electrons. The van der Waals surface area contributed by atoms with Crippen molar-refractivity contribution in [3.8, 4) is 0 Å². The van der Waals surface area contributed by atoms with E-state index in [-0.39, 0.29) is 20.9 Å². The monoisotopic (exact) mass is 354 g/mol. The van der Waals surface area contributed by atoms with Crippen molar-refractivity contribution < 1.29 is 4.74 Å². The molecule has 2 aromatic carbocycles. The first-order valence-corrected chi connectivity index (χ1v) is 8.72. The van der Waals surface area contributed by atoms with Crippen molar-refractivity contribution in [2.45, 2.75) is 16.5 Å². The molecule has 0 N–H and O–H groups in total. The van der Waals surface area contributed by atoms with Gasteiger partial charge in [0.05, 0.1) is 0 Å². The molecule has 0 saturated heterocycles. The molecule has 2 atom stereocenters. The van der Waals surface area contributed by atoms with E-state index in [1.165, 1.54) is 14.7 Å². The number of methoxy groups -OCH3 is 1. The van der Waals surface area contributed by atoms with Crippen LogP contribution in [0.25, 0.3) is 0 Å². The molecule has 18 heavy (non-hydrogen) atoms. The van der Waals surface area contributed by atoms with E-state index in [1.807, 2.05) is 7.11 Å². The molecule has 1 aliphatic rings. The van der Waals surface area contributed by atoms with E-state index in [2.05, 4.69) is 54.6 Å². The number of benzene rings is 2. The molecule has 0 aromatic heterocycles. The first kappa shape index (κ1) is 12.2. The molecule has 2 heteroatoms. The SMILES string of the molecule is CO[C@@H]1Cc2ccccc2C1[Te]c1ccccc1. The Balaban J connectivity index is 1.90. The summed E-state index contributed by atoms with van der Waals surface area (Å²) in [5.74, 6) is 0. The van der Waals surface area contributed by atoms with Crippen LogP contribution in [0.5, 0.6) is 0 Å². The van der Waals surface area contributed by atoms with Gasteiger partial charge in [-0.05, 0) is 0 Å². The van der Waals surface area contributed by atoms with Gasteiger partial charge >= 0.3 is 119 Å². The van der Waals surface area contributed by atoms with Gasteiger partial charge in [-0.25, -0.2) is 0 Å². The van der Waals surface area contributed by atoms with Crippen LogP contribution in [0.2, 0.25) is 0 Å². The predicted octanol–water partition coefficient (Wildman–Crippen LogP) is 2.33. The van der Waals surface area contributed by atoms with Crippen LogP contribution in [0.15, 0.2) is 54.6 Å². The summed E-state index contributed by atoms with van der Waals surface area (Å²) in [7, 11) is 1.85. The van der Waals surface area contributed by atoms with E-state index < -0.39 is 0 Å². The van der Waals surface area contributed by atoms with Gasteiger partial charge in [-0.3, -0.25) is 0 Å². The van der Waals surface area contributed by atoms with Gasteiger partial charge < -0.3 is 0 Å². The summed E-state index contributed by atoms with van der Waals surface area (Å²) in [6.07, 6.45) is 1.46. The zero-order chi connectivity index (χ0) is 12.4. The Morgan fingerprint density at radius 3 is 2.50 bits per heavy atom. The second-order valence-electron chi connectivity index (χ2n) is 4.53. The van der Waals surface area contributed by atoms with E-state index in [0.29, 0.717) is 10.1 Å². The van der Waals surface area contributed by atoms with Gasteiger partial charge in [0.1, 0.15) is 0 Å². The second-order valence-corrected chi connectivity index (χ2v) is 8.00. The third kappa shape index (κ3) is 2.34. The number of hydrogen-bond donors (Lipinski definition) is 0. The van der Waals surface area contributed by atoms with Gasteiger partial charge in [0, 0.05) is 0 Å².